The van der Waals surface area contributed by atoms with E-state index in [1.807, 2.05) is 31.2 Å². The molecule has 0 spiro atoms. The van der Waals surface area contributed by atoms with E-state index in [2.05, 4.69) is 28.8 Å². The van der Waals surface area contributed by atoms with Gasteiger partial charge in [-0.25, -0.2) is 4.98 Å². The fourth-order valence-corrected chi connectivity index (χ4v) is 4.21. The fraction of sp³-hybridized carbons (Fsp3) is 0.375. The topological polar surface area (TPSA) is 53.7 Å². The van der Waals surface area contributed by atoms with Gasteiger partial charge in [-0.1, -0.05) is 55.0 Å². The summed E-state index contributed by atoms with van der Waals surface area (Å²) in [6.45, 7) is 7.71. The molecule has 0 saturated carbocycles. The molecule has 0 bridgehead atoms. The van der Waals surface area contributed by atoms with Crippen molar-refractivity contribution >= 4 is 27.9 Å². The number of benzene rings is 1. The van der Waals surface area contributed by atoms with Crippen molar-refractivity contribution in [1.82, 2.24) is 19.5 Å². The molecule has 0 aliphatic rings. The van der Waals surface area contributed by atoms with Crippen LogP contribution in [0.5, 0.6) is 5.88 Å². The van der Waals surface area contributed by atoms with Gasteiger partial charge in [0.2, 0.25) is 10.8 Å². The van der Waals surface area contributed by atoms with Crippen LogP contribution in [0.1, 0.15) is 36.2 Å². The highest BCUT2D eigenvalue weighted by atomic mass is 35.5. The molecule has 2 heterocycles. The zero-order valence-corrected chi connectivity index (χ0v) is 14.9. The number of rotatable bonds is 5. The maximum atomic E-state index is 10.7. The molecule has 1 aromatic carbocycles. The Morgan fingerprint density at radius 2 is 2.00 bits per heavy atom. The molecule has 7 heteroatoms. The Morgan fingerprint density at radius 3 is 2.61 bits per heavy atom. The van der Waals surface area contributed by atoms with Gasteiger partial charge in [-0.2, -0.15) is 4.52 Å². The van der Waals surface area contributed by atoms with Gasteiger partial charge in [0.15, 0.2) is 0 Å². The Balaban J connectivity index is 2.19. The molecule has 0 aliphatic heterocycles. The van der Waals surface area contributed by atoms with Crippen molar-refractivity contribution in [3.8, 4) is 5.88 Å². The predicted octanol–water partition coefficient (Wildman–Crippen LogP) is 3.89. The first-order valence-corrected chi connectivity index (χ1v) is 8.79. The van der Waals surface area contributed by atoms with Crippen LogP contribution in [0.25, 0.3) is 4.96 Å². The second kappa shape index (κ2) is 6.47. The molecule has 23 heavy (non-hydrogen) atoms. The van der Waals surface area contributed by atoms with Crippen molar-refractivity contribution in [1.29, 1.82) is 0 Å². The SMILES string of the molecule is CCN(CC)C(c1ccccc1Cl)c1sc2nc(C)nn2c1O. The minimum atomic E-state index is -0.118. The third kappa shape index (κ3) is 2.82. The first kappa shape index (κ1) is 16.2. The highest BCUT2D eigenvalue weighted by molar-refractivity contribution is 7.17. The van der Waals surface area contributed by atoms with Crippen LogP contribution in [-0.2, 0) is 0 Å². The average Bonchev–Trinajstić information content (AvgIpc) is 3.04. The number of hydrogen-bond donors (Lipinski definition) is 1. The molecule has 0 amide bonds. The predicted molar refractivity (Wildman–Crippen MR) is 93.5 cm³/mol. The van der Waals surface area contributed by atoms with Crippen LogP contribution in [-0.4, -0.2) is 37.7 Å². The molecule has 0 radical (unpaired) electrons. The van der Waals surface area contributed by atoms with E-state index in [1.54, 1.807) is 0 Å². The van der Waals surface area contributed by atoms with E-state index in [9.17, 15) is 5.11 Å². The maximum absolute atomic E-state index is 10.7. The van der Waals surface area contributed by atoms with Crippen LogP contribution < -0.4 is 0 Å². The molecular weight excluding hydrogens is 332 g/mol. The van der Waals surface area contributed by atoms with Gasteiger partial charge in [-0.15, -0.1) is 5.10 Å². The lowest BCUT2D eigenvalue weighted by molar-refractivity contribution is 0.248. The van der Waals surface area contributed by atoms with Crippen LogP contribution in [0.15, 0.2) is 24.3 Å². The lowest BCUT2D eigenvalue weighted by Gasteiger charge is -2.29. The molecule has 1 unspecified atom stereocenters. The van der Waals surface area contributed by atoms with Gasteiger partial charge < -0.3 is 5.11 Å². The van der Waals surface area contributed by atoms with Crippen LogP contribution in [0, 0.1) is 6.92 Å². The van der Waals surface area contributed by atoms with Gasteiger partial charge >= 0.3 is 0 Å². The molecule has 3 aromatic rings. The summed E-state index contributed by atoms with van der Waals surface area (Å²) >= 11 is 7.89. The van der Waals surface area contributed by atoms with Gasteiger partial charge in [0.25, 0.3) is 0 Å². The molecule has 0 aliphatic carbocycles. The van der Waals surface area contributed by atoms with E-state index in [-0.39, 0.29) is 11.9 Å². The van der Waals surface area contributed by atoms with Crippen molar-refractivity contribution in [2.45, 2.75) is 26.8 Å². The minimum Gasteiger partial charge on any atom is -0.492 e. The first-order chi connectivity index (χ1) is 11.1. The average molecular weight is 351 g/mol. The Morgan fingerprint density at radius 1 is 1.30 bits per heavy atom. The lowest BCUT2D eigenvalue weighted by Crippen LogP contribution is -2.29. The number of nitrogens with zero attached hydrogens (tertiary/aromatic N) is 4. The summed E-state index contributed by atoms with van der Waals surface area (Å²) < 4.78 is 1.50. The standard InChI is InChI=1S/C16H19ClN4OS/c1-4-20(5-2)13(11-8-6-7-9-12(11)17)14-15(22)21-16(23-14)18-10(3)19-21/h6-9,13,22H,4-5H2,1-3H3. The molecule has 0 saturated heterocycles. The molecule has 1 atom stereocenters. The van der Waals surface area contributed by atoms with Gasteiger partial charge in [-0.3, -0.25) is 4.90 Å². The van der Waals surface area contributed by atoms with Crippen LogP contribution in [0.2, 0.25) is 5.02 Å². The van der Waals surface area contributed by atoms with Gasteiger partial charge in [0.1, 0.15) is 5.82 Å². The Kier molecular flexibility index (Phi) is 4.57. The quantitative estimate of drug-likeness (QED) is 0.758. The largest absolute Gasteiger partial charge is 0.492 e. The molecule has 0 fully saturated rings. The van der Waals surface area contributed by atoms with Crippen molar-refractivity contribution in [3.63, 3.8) is 0 Å². The van der Waals surface area contributed by atoms with E-state index >= 15 is 0 Å². The highest BCUT2D eigenvalue weighted by Crippen LogP contribution is 2.41. The summed E-state index contributed by atoms with van der Waals surface area (Å²) in [5.41, 5.74) is 0.981. The minimum absolute atomic E-state index is 0.118. The summed E-state index contributed by atoms with van der Waals surface area (Å²) in [5, 5.41) is 15.6. The smallest absolute Gasteiger partial charge is 0.230 e. The first-order valence-electron chi connectivity index (χ1n) is 7.60. The lowest BCUT2D eigenvalue weighted by atomic mass is 10.0. The van der Waals surface area contributed by atoms with Crippen molar-refractivity contribution < 1.29 is 5.11 Å². The van der Waals surface area contributed by atoms with E-state index in [1.165, 1.54) is 15.9 Å². The fourth-order valence-electron chi connectivity index (χ4n) is 2.82. The van der Waals surface area contributed by atoms with Crippen molar-refractivity contribution in [2.24, 2.45) is 0 Å². The number of hydrogen-bond acceptors (Lipinski definition) is 5. The highest BCUT2D eigenvalue weighted by Gasteiger charge is 2.29. The molecule has 5 nitrogen and oxygen atoms in total. The zero-order valence-electron chi connectivity index (χ0n) is 13.3. The third-order valence-electron chi connectivity index (χ3n) is 3.93. The molecule has 1 N–H and O–H groups in total. The number of thiazole rings is 1. The molecule has 2 aromatic heterocycles. The number of aromatic hydroxyl groups is 1. The van der Waals surface area contributed by atoms with E-state index < -0.39 is 0 Å². The number of halogens is 1. The number of aromatic nitrogens is 3. The van der Waals surface area contributed by atoms with E-state index in [0.717, 1.165) is 23.5 Å². The van der Waals surface area contributed by atoms with E-state index in [0.29, 0.717) is 15.8 Å². The van der Waals surface area contributed by atoms with Crippen molar-refractivity contribution in [3.05, 3.63) is 45.6 Å². The second-order valence-electron chi connectivity index (χ2n) is 5.29. The van der Waals surface area contributed by atoms with Crippen molar-refractivity contribution in [2.75, 3.05) is 13.1 Å². The third-order valence-corrected chi connectivity index (χ3v) is 5.35. The summed E-state index contributed by atoms with van der Waals surface area (Å²) in [7, 11) is 0. The van der Waals surface area contributed by atoms with Crippen LogP contribution in [0.4, 0.5) is 0 Å². The second-order valence-corrected chi connectivity index (χ2v) is 6.70. The summed E-state index contributed by atoms with van der Waals surface area (Å²) in [6.07, 6.45) is 0. The number of fused-ring (bicyclic) bond motifs is 1. The maximum Gasteiger partial charge on any atom is 0.230 e. The zero-order chi connectivity index (χ0) is 16.6. The monoisotopic (exact) mass is 350 g/mol. The Bertz CT molecular complexity index is 825. The summed E-state index contributed by atoms with van der Waals surface area (Å²) in [4.78, 5) is 8.14. The van der Waals surface area contributed by atoms with E-state index in [4.69, 9.17) is 11.6 Å². The summed E-state index contributed by atoms with van der Waals surface area (Å²) in [5.74, 6) is 0.789. The Labute approximate surface area is 144 Å². The van der Waals surface area contributed by atoms with Gasteiger partial charge in [0.05, 0.1) is 10.9 Å². The van der Waals surface area contributed by atoms with Crippen LogP contribution in [0.3, 0.4) is 0 Å². The number of aryl methyl sites for hydroxylation is 1. The summed E-state index contributed by atoms with van der Waals surface area (Å²) in [6, 6.07) is 7.65. The van der Waals surface area contributed by atoms with Gasteiger partial charge in [0, 0.05) is 5.02 Å². The molecule has 122 valence electrons. The molecular formula is C16H19ClN4OS. The van der Waals surface area contributed by atoms with Gasteiger partial charge in [-0.05, 0) is 31.6 Å². The normalized spacial score (nSPS) is 13.1. The Hall–Kier alpha value is -1.63. The van der Waals surface area contributed by atoms with Crippen LogP contribution >= 0.6 is 22.9 Å². The molecule has 3 rings (SSSR count).